The first-order chi connectivity index (χ1) is 17.5. The minimum absolute atomic E-state index is 0.0398. The van der Waals surface area contributed by atoms with Gasteiger partial charge in [-0.25, -0.2) is 4.79 Å². The van der Waals surface area contributed by atoms with Gasteiger partial charge in [0.2, 0.25) is 11.8 Å². The van der Waals surface area contributed by atoms with Crippen LogP contribution >= 0.6 is 23.1 Å². The zero-order valence-electron chi connectivity index (χ0n) is 19.4. The largest absolute Gasteiger partial charge is 0.462 e. The van der Waals surface area contributed by atoms with Crippen molar-refractivity contribution in [1.82, 2.24) is 10.2 Å². The number of esters is 1. The van der Waals surface area contributed by atoms with Gasteiger partial charge in [0.05, 0.1) is 17.9 Å². The van der Waals surface area contributed by atoms with Crippen LogP contribution in [0.3, 0.4) is 0 Å². The molecule has 36 heavy (non-hydrogen) atoms. The second kappa shape index (κ2) is 11.6. The molecule has 2 aromatic heterocycles. The Kier molecular flexibility index (Phi) is 8.13. The molecular formula is C25H22N4O5S2. The number of nitrogens with zero attached hydrogens (tertiary/aromatic N) is 2. The first kappa shape index (κ1) is 25.1. The van der Waals surface area contributed by atoms with Gasteiger partial charge in [-0.05, 0) is 43.7 Å². The molecule has 0 fully saturated rings. The van der Waals surface area contributed by atoms with Gasteiger partial charge in [-0.1, -0.05) is 48.2 Å². The third kappa shape index (κ3) is 5.99. The van der Waals surface area contributed by atoms with E-state index in [-0.39, 0.29) is 33.0 Å². The second-order valence-electron chi connectivity index (χ2n) is 7.38. The van der Waals surface area contributed by atoms with E-state index < -0.39 is 17.8 Å². The fourth-order valence-electron chi connectivity index (χ4n) is 3.24. The van der Waals surface area contributed by atoms with Crippen molar-refractivity contribution in [1.29, 1.82) is 0 Å². The highest BCUT2D eigenvalue weighted by molar-refractivity contribution is 7.99. The van der Waals surface area contributed by atoms with Crippen LogP contribution in [0.5, 0.6) is 0 Å². The molecule has 0 radical (unpaired) electrons. The molecule has 0 spiro atoms. The number of benzene rings is 2. The van der Waals surface area contributed by atoms with Crippen LogP contribution in [0, 0.1) is 6.92 Å². The molecule has 2 N–H and O–H groups in total. The highest BCUT2D eigenvalue weighted by atomic mass is 32.2. The molecule has 0 atom stereocenters. The number of ether oxygens (including phenoxy) is 1. The zero-order valence-corrected chi connectivity index (χ0v) is 21.1. The monoisotopic (exact) mass is 522 g/mol. The highest BCUT2D eigenvalue weighted by Crippen LogP contribution is 2.34. The Morgan fingerprint density at radius 1 is 1.00 bits per heavy atom. The number of hydrogen-bond donors (Lipinski definition) is 2. The predicted octanol–water partition coefficient (Wildman–Crippen LogP) is 5.27. The Bertz CT molecular complexity index is 1370. The van der Waals surface area contributed by atoms with Gasteiger partial charge in [-0.2, -0.15) is 0 Å². The number of anilines is 2. The van der Waals surface area contributed by atoms with Gasteiger partial charge < -0.3 is 19.8 Å². The summed E-state index contributed by atoms with van der Waals surface area (Å²) >= 11 is 2.06. The molecular weight excluding hydrogens is 500 g/mol. The first-order valence-electron chi connectivity index (χ1n) is 10.9. The lowest BCUT2D eigenvalue weighted by molar-refractivity contribution is -0.113. The van der Waals surface area contributed by atoms with E-state index in [9.17, 15) is 14.4 Å². The molecule has 0 saturated heterocycles. The van der Waals surface area contributed by atoms with Gasteiger partial charge in [0.15, 0.2) is 0 Å². The number of para-hydroxylation sites is 1. The van der Waals surface area contributed by atoms with E-state index in [1.165, 1.54) is 0 Å². The van der Waals surface area contributed by atoms with Gasteiger partial charge in [0, 0.05) is 11.3 Å². The molecule has 0 saturated carbocycles. The number of thioether (sulfide) groups is 1. The van der Waals surface area contributed by atoms with Crippen molar-refractivity contribution in [3.05, 3.63) is 76.7 Å². The van der Waals surface area contributed by atoms with Crippen molar-refractivity contribution in [2.75, 3.05) is 23.0 Å². The Morgan fingerprint density at radius 3 is 2.39 bits per heavy atom. The van der Waals surface area contributed by atoms with Crippen LogP contribution < -0.4 is 10.6 Å². The normalized spacial score (nSPS) is 10.6. The maximum Gasteiger partial charge on any atom is 0.348 e. The van der Waals surface area contributed by atoms with E-state index in [1.54, 1.807) is 38.1 Å². The number of carbonyl (C=O) groups excluding carboxylic acids is 3. The molecule has 0 aliphatic heterocycles. The maximum absolute atomic E-state index is 13.1. The van der Waals surface area contributed by atoms with Gasteiger partial charge in [-0.15, -0.1) is 21.5 Å². The van der Waals surface area contributed by atoms with Gasteiger partial charge in [0.1, 0.15) is 9.88 Å². The van der Waals surface area contributed by atoms with E-state index in [0.717, 1.165) is 28.7 Å². The maximum atomic E-state index is 13.1. The quantitative estimate of drug-likeness (QED) is 0.225. The van der Waals surface area contributed by atoms with Crippen LogP contribution in [0.2, 0.25) is 0 Å². The topological polar surface area (TPSA) is 123 Å². The van der Waals surface area contributed by atoms with Crippen LogP contribution in [0.25, 0.3) is 11.5 Å². The van der Waals surface area contributed by atoms with E-state index >= 15 is 0 Å². The standard InChI is InChI=1S/C25H22N4O5S2/c1-3-33-24(32)20-15(2)19(21(31)26-17-12-8-5-9-13-17)23(36-20)27-18(30)14-35-25-29-28-22(34-25)16-10-6-4-7-11-16/h4-13H,3,14H2,1-2H3,(H,26,31)(H,27,30). The smallest absolute Gasteiger partial charge is 0.348 e. The summed E-state index contributed by atoms with van der Waals surface area (Å²) in [5, 5.41) is 14.0. The molecule has 2 amide bonds. The number of hydrogen-bond acceptors (Lipinski definition) is 9. The van der Waals surface area contributed by atoms with E-state index in [1.807, 2.05) is 36.4 Å². The predicted molar refractivity (Wildman–Crippen MR) is 138 cm³/mol. The van der Waals surface area contributed by atoms with Crippen molar-refractivity contribution in [3.63, 3.8) is 0 Å². The molecule has 0 aliphatic rings. The molecule has 2 heterocycles. The summed E-state index contributed by atoms with van der Waals surface area (Å²) in [6, 6.07) is 18.2. The Morgan fingerprint density at radius 2 is 1.69 bits per heavy atom. The first-order valence-corrected chi connectivity index (χ1v) is 12.7. The molecule has 4 aromatic rings. The van der Waals surface area contributed by atoms with Crippen LogP contribution in [-0.2, 0) is 9.53 Å². The average Bonchev–Trinajstić information content (AvgIpc) is 3.48. The average molecular weight is 523 g/mol. The van der Waals surface area contributed by atoms with Crippen molar-refractivity contribution < 1.29 is 23.5 Å². The Labute approximate surface area is 215 Å². The van der Waals surface area contributed by atoms with Gasteiger partial charge >= 0.3 is 5.97 Å². The number of aromatic nitrogens is 2. The molecule has 9 nitrogen and oxygen atoms in total. The van der Waals surface area contributed by atoms with Crippen molar-refractivity contribution in [2.24, 2.45) is 0 Å². The SMILES string of the molecule is CCOC(=O)c1sc(NC(=O)CSc2nnc(-c3ccccc3)o2)c(C(=O)Nc2ccccc2)c1C. The van der Waals surface area contributed by atoms with Crippen LogP contribution in [0.1, 0.15) is 32.5 Å². The minimum atomic E-state index is -0.553. The number of carbonyl (C=O) groups is 3. The summed E-state index contributed by atoms with van der Waals surface area (Å²) in [4.78, 5) is 38.5. The minimum Gasteiger partial charge on any atom is -0.462 e. The van der Waals surface area contributed by atoms with E-state index in [2.05, 4.69) is 20.8 Å². The number of amides is 2. The fraction of sp³-hybridized carbons (Fsp3) is 0.160. The summed E-state index contributed by atoms with van der Waals surface area (Å²) in [5.41, 5.74) is 1.99. The van der Waals surface area contributed by atoms with Crippen molar-refractivity contribution >= 4 is 51.6 Å². The zero-order chi connectivity index (χ0) is 25.5. The van der Waals surface area contributed by atoms with E-state index in [4.69, 9.17) is 9.15 Å². The van der Waals surface area contributed by atoms with Crippen LogP contribution in [-0.4, -0.2) is 40.3 Å². The molecule has 0 unspecified atom stereocenters. The third-order valence-electron chi connectivity index (χ3n) is 4.87. The van der Waals surface area contributed by atoms with Gasteiger partial charge in [0.25, 0.3) is 11.1 Å². The lowest BCUT2D eigenvalue weighted by Crippen LogP contribution is -2.18. The fourth-order valence-corrected chi connectivity index (χ4v) is 4.91. The summed E-state index contributed by atoms with van der Waals surface area (Å²) in [6.45, 7) is 3.54. The van der Waals surface area contributed by atoms with Crippen LogP contribution in [0.4, 0.5) is 10.7 Å². The molecule has 4 rings (SSSR count). The van der Waals surface area contributed by atoms with Crippen molar-refractivity contribution in [3.8, 4) is 11.5 Å². The lowest BCUT2D eigenvalue weighted by Gasteiger charge is -2.08. The molecule has 2 aromatic carbocycles. The number of rotatable bonds is 9. The van der Waals surface area contributed by atoms with Gasteiger partial charge in [-0.3, -0.25) is 9.59 Å². The lowest BCUT2D eigenvalue weighted by atomic mass is 10.1. The molecule has 0 bridgehead atoms. The summed E-state index contributed by atoms with van der Waals surface area (Å²) in [6.07, 6.45) is 0. The summed E-state index contributed by atoms with van der Waals surface area (Å²) in [7, 11) is 0. The summed E-state index contributed by atoms with van der Waals surface area (Å²) < 4.78 is 10.7. The second-order valence-corrected chi connectivity index (χ2v) is 9.32. The molecule has 0 aliphatic carbocycles. The Hall–Kier alpha value is -3.96. The highest BCUT2D eigenvalue weighted by Gasteiger charge is 2.26. The van der Waals surface area contributed by atoms with Crippen molar-refractivity contribution in [2.45, 2.75) is 19.1 Å². The third-order valence-corrected chi connectivity index (χ3v) is 6.88. The number of thiophene rings is 1. The van der Waals surface area contributed by atoms with E-state index in [0.29, 0.717) is 17.1 Å². The summed E-state index contributed by atoms with van der Waals surface area (Å²) in [5.74, 6) is -1.08. The molecule has 11 heteroatoms. The number of nitrogens with one attached hydrogen (secondary N) is 2. The van der Waals surface area contributed by atoms with Crippen LogP contribution in [0.15, 0.2) is 70.3 Å². The molecule has 184 valence electrons. The Balaban J connectivity index is 1.49.